The van der Waals surface area contributed by atoms with Gasteiger partial charge in [-0.1, -0.05) is 32.4 Å². The van der Waals surface area contributed by atoms with Crippen LogP contribution in [0.4, 0.5) is 0 Å². The molecule has 1 rings (SSSR count). The van der Waals surface area contributed by atoms with Gasteiger partial charge in [0.25, 0.3) is 0 Å². The molecule has 0 fully saturated rings. The summed E-state index contributed by atoms with van der Waals surface area (Å²) in [7, 11) is 0. The Morgan fingerprint density at radius 2 is 1.91 bits per heavy atom. The molecule has 0 saturated carbocycles. The van der Waals surface area contributed by atoms with Gasteiger partial charge < -0.3 is 4.42 Å². The predicted molar refractivity (Wildman–Crippen MR) is 45.0 cm³/mol. The quantitative estimate of drug-likeness (QED) is 0.603. The fourth-order valence-electron chi connectivity index (χ4n) is 0.699. The largest absolute Gasteiger partial charge is 0.444 e. The third-order valence-corrected chi connectivity index (χ3v) is 1.73. The fourth-order valence-corrected chi connectivity index (χ4v) is 0.814. The van der Waals surface area contributed by atoms with E-state index in [0.717, 1.165) is 0 Å². The molecule has 0 bridgehead atoms. The third-order valence-electron chi connectivity index (χ3n) is 1.38. The highest BCUT2D eigenvalue weighted by molar-refractivity contribution is 6.29. The van der Waals surface area contributed by atoms with Crippen LogP contribution in [-0.2, 0) is 5.41 Å². The number of hydrogen-bond acceptors (Lipinski definition) is 2. The Labute approximate surface area is 71.6 Å². The van der Waals surface area contributed by atoms with E-state index in [9.17, 15) is 0 Å². The second-order valence-electron chi connectivity index (χ2n) is 3.62. The van der Waals surface area contributed by atoms with Crippen molar-refractivity contribution < 1.29 is 4.42 Å². The molecule has 1 aromatic rings. The van der Waals surface area contributed by atoms with E-state index in [4.69, 9.17) is 16.0 Å². The lowest BCUT2D eigenvalue weighted by Crippen LogP contribution is -2.11. The van der Waals surface area contributed by atoms with Crippen LogP contribution in [0.25, 0.3) is 0 Å². The third kappa shape index (κ3) is 1.74. The van der Waals surface area contributed by atoms with E-state index in [0.29, 0.717) is 16.8 Å². The zero-order valence-electron chi connectivity index (χ0n) is 7.23. The highest BCUT2D eigenvalue weighted by Gasteiger charge is 2.21. The van der Waals surface area contributed by atoms with Crippen molar-refractivity contribution in [2.75, 3.05) is 0 Å². The molecule has 0 radical (unpaired) electrons. The van der Waals surface area contributed by atoms with Crippen molar-refractivity contribution in [2.24, 2.45) is 0 Å². The first-order chi connectivity index (χ1) is 4.91. The lowest BCUT2D eigenvalue weighted by atomic mass is 9.97. The molecule has 0 aliphatic heterocycles. The number of halogens is 1. The van der Waals surface area contributed by atoms with Crippen LogP contribution in [0, 0.1) is 6.92 Å². The van der Waals surface area contributed by atoms with Gasteiger partial charge in [0.05, 0.1) is 0 Å². The number of hydrogen-bond donors (Lipinski definition) is 0. The average molecular weight is 174 g/mol. The summed E-state index contributed by atoms with van der Waals surface area (Å²) in [5, 5.41) is 0.468. The normalized spacial score (nSPS) is 12.1. The van der Waals surface area contributed by atoms with Crippen molar-refractivity contribution in [1.29, 1.82) is 0 Å². The number of nitrogens with zero attached hydrogens (tertiary/aromatic N) is 1. The summed E-state index contributed by atoms with van der Waals surface area (Å²) in [6, 6.07) is 0. The van der Waals surface area contributed by atoms with Gasteiger partial charge in [0.1, 0.15) is 5.76 Å². The second kappa shape index (κ2) is 2.52. The topological polar surface area (TPSA) is 26.0 Å². The van der Waals surface area contributed by atoms with Gasteiger partial charge in [-0.2, -0.15) is 0 Å². The van der Waals surface area contributed by atoms with E-state index < -0.39 is 0 Å². The summed E-state index contributed by atoms with van der Waals surface area (Å²) in [5.74, 6) is 1.39. The van der Waals surface area contributed by atoms with Crippen LogP contribution < -0.4 is 0 Å². The molecular weight excluding hydrogens is 162 g/mol. The van der Waals surface area contributed by atoms with Crippen LogP contribution in [0.15, 0.2) is 4.42 Å². The van der Waals surface area contributed by atoms with Crippen molar-refractivity contribution in [1.82, 2.24) is 4.98 Å². The Balaban J connectivity index is 3.08. The molecule has 3 heteroatoms. The molecule has 1 heterocycles. The smallest absolute Gasteiger partial charge is 0.201 e. The van der Waals surface area contributed by atoms with Gasteiger partial charge in [0.15, 0.2) is 5.15 Å². The average Bonchev–Trinajstić information content (AvgIpc) is 2.11. The lowest BCUT2D eigenvalue weighted by molar-refractivity contribution is 0.380. The molecule has 0 aromatic carbocycles. The van der Waals surface area contributed by atoms with Crippen molar-refractivity contribution in [3.8, 4) is 0 Å². The fraction of sp³-hybridized carbons (Fsp3) is 0.625. The number of oxazole rings is 1. The summed E-state index contributed by atoms with van der Waals surface area (Å²) in [6.07, 6.45) is 0. The minimum Gasteiger partial charge on any atom is -0.444 e. The van der Waals surface area contributed by atoms with E-state index in [1.165, 1.54) is 0 Å². The van der Waals surface area contributed by atoms with Crippen LogP contribution in [0.5, 0.6) is 0 Å². The van der Waals surface area contributed by atoms with Gasteiger partial charge in [-0.15, -0.1) is 0 Å². The van der Waals surface area contributed by atoms with Gasteiger partial charge in [-0.05, 0) is 6.92 Å². The molecule has 62 valence electrons. The summed E-state index contributed by atoms with van der Waals surface area (Å²) < 4.78 is 5.34. The van der Waals surface area contributed by atoms with Crippen LogP contribution in [0.2, 0.25) is 5.15 Å². The van der Waals surface area contributed by atoms with E-state index in [1.54, 1.807) is 0 Å². The van der Waals surface area contributed by atoms with Crippen molar-refractivity contribution in [3.63, 3.8) is 0 Å². The highest BCUT2D eigenvalue weighted by atomic mass is 35.5. The van der Waals surface area contributed by atoms with E-state index in [-0.39, 0.29) is 5.41 Å². The molecule has 0 unspecified atom stereocenters. The van der Waals surface area contributed by atoms with E-state index in [1.807, 2.05) is 27.7 Å². The Kier molecular flexibility index (Phi) is 1.97. The summed E-state index contributed by atoms with van der Waals surface area (Å²) in [6.45, 7) is 7.92. The molecule has 2 nitrogen and oxygen atoms in total. The van der Waals surface area contributed by atoms with Gasteiger partial charge in [-0.3, -0.25) is 0 Å². The second-order valence-corrected chi connectivity index (χ2v) is 3.97. The molecular formula is C8H12ClNO. The van der Waals surface area contributed by atoms with Crippen LogP contribution >= 0.6 is 11.6 Å². The highest BCUT2D eigenvalue weighted by Crippen LogP contribution is 2.25. The predicted octanol–water partition coefficient (Wildman–Crippen LogP) is 2.93. The Bertz CT molecular complexity index is 240. The first-order valence-electron chi connectivity index (χ1n) is 3.54. The van der Waals surface area contributed by atoms with E-state index >= 15 is 0 Å². The first-order valence-corrected chi connectivity index (χ1v) is 3.92. The molecule has 0 aliphatic rings. The maximum absolute atomic E-state index is 5.73. The molecule has 0 spiro atoms. The van der Waals surface area contributed by atoms with Gasteiger partial charge in [0, 0.05) is 5.41 Å². The number of aryl methyl sites for hydroxylation is 1. The Hall–Kier alpha value is -0.500. The molecule has 0 amide bonds. The molecule has 0 N–H and O–H groups in total. The maximum Gasteiger partial charge on any atom is 0.201 e. The maximum atomic E-state index is 5.73. The molecule has 1 aromatic heterocycles. The molecule has 0 aliphatic carbocycles. The van der Waals surface area contributed by atoms with Gasteiger partial charge in [-0.25, -0.2) is 4.98 Å². The Morgan fingerprint density at radius 1 is 1.36 bits per heavy atom. The first kappa shape index (κ1) is 8.60. The van der Waals surface area contributed by atoms with Gasteiger partial charge >= 0.3 is 0 Å². The standard InChI is InChI=1S/C8H12ClNO/c1-5-6(9)10-7(11-5)8(2,3)4/h1-4H3. The van der Waals surface area contributed by atoms with Crippen molar-refractivity contribution in [3.05, 3.63) is 16.8 Å². The monoisotopic (exact) mass is 173 g/mol. The minimum absolute atomic E-state index is 0.0576. The minimum atomic E-state index is -0.0576. The van der Waals surface area contributed by atoms with Crippen LogP contribution in [0.3, 0.4) is 0 Å². The summed E-state index contributed by atoms with van der Waals surface area (Å²) in [5.41, 5.74) is -0.0576. The van der Waals surface area contributed by atoms with Crippen LogP contribution in [0.1, 0.15) is 32.4 Å². The number of aromatic nitrogens is 1. The molecule has 0 saturated heterocycles. The van der Waals surface area contributed by atoms with Crippen molar-refractivity contribution in [2.45, 2.75) is 33.1 Å². The van der Waals surface area contributed by atoms with Crippen molar-refractivity contribution >= 4 is 11.6 Å². The zero-order chi connectivity index (χ0) is 8.65. The summed E-state index contributed by atoms with van der Waals surface area (Å²) >= 11 is 5.73. The number of rotatable bonds is 0. The molecule has 11 heavy (non-hydrogen) atoms. The zero-order valence-corrected chi connectivity index (χ0v) is 7.99. The lowest BCUT2D eigenvalue weighted by Gasteiger charge is -2.11. The van der Waals surface area contributed by atoms with E-state index in [2.05, 4.69) is 4.98 Å². The van der Waals surface area contributed by atoms with Crippen LogP contribution in [-0.4, -0.2) is 4.98 Å². The SMILES string of the molecule is Cc1oc(C(C)(C)C)nc1Cl. The summed E-state index contributed by atoms with van der Waals surface area (Å²) in [4.78, 5) is 4.08. The van der Waals surface area contributed by atoms with Gasteiger partial charge in [0.2, 0.25) is 5.89 Å². The Morgan fingerprint density at radius 3 is 2.09 bits per heavy atom. The molecule has 0 atom stereocenters.